The third kappa shape index (κ3) is 4.36. The van der Waals surface area contributed by atoms with E-state index in [-0.39, 0.29) is 0 Å². The second kappa shape index (κ2) is 5.78. The van der Waals surface area contributed by atoms with Gasteiger partial charge in [-0.25, -0.2) is 0 Å². The highest BCUT2D eigenvalue weighted by molar-refractivity contribution is 5.04. The van der Waals surface area contributed by atoms with Gasteiger partial charge in [0, 0.05) is 37.6 Å². The standard InChI is InChI=1S/C11H20N4/c1-14(2)8-10(9-15(3)4)11-7-12-5-6-13-11/h5-7,10H,8-9H2,1-4H3. The zero-order valence-corrected chi connectivity index (χ0v) is 10.0. The van der Waals surface area contributed by atoms with E-state index in [2.05, 4.69) is 48.0 Å². The molecule has 1 rings (SSSR count). The highest BCUT2D eigenvalue weighted by Gasteiger charge is 2.14. The highest BCUT2D eigenvalue weighted by atomic mass is 15.1. The zero-order chi connectivity index (χ0) is 11.3. The SMILES string of the molecule is CN(C)CC(CN(C)C)c1cnccn1. The summed E-state index contributed by atoms with van der Waals surface area (Å²) >= 11 is 0. The van der Waals surface area contributed by atoms with Gasteiger partial charge in [0.15, 0.2) is 0 Å². The van der Waals surface area contributed by atoms with Gasteiger partial charge >= 0.3 is 0 Å². The molecule has 0 N–H and O–H groups in total. The van der Waals surface area contributed by atoms with Gasteiger partial charge in [0.2, 0.25) is 0 Å². The predicted octanol–water partition coefficient (Wildman–Crippen LogP) is 0.683. The molecule has 1 heterocycles. The lowest BCUT2D eigenvalue weighted by Gasteiger charge is -2.23. The van der Waals surface area contributed by atoms with Gasteiger partial charge in [0.1, 0.15) is 0 Å². The van der Waals surface area contributed by atoms with E-state index in [1.165, 1.54) is 0 Å². The Bertz CT molecular complexity index is 261. The van der Waals surface area contributed by atoms with Crippen LogP contribution in [-0.4, -0.2) is 61.0 Å². The first-order chi connectivity index (χ1) is 7.09. The molecule has 0 aromatic carbocycles. The zero-order valence-electron chi connectivity index (χ0n) is 10.0. The molecule has 1 aromatic rings. The van der Waals surface area contributed by atoms with Gasteiger partial charge in [0.05, 0.1) is 5.69 Å². The molecule has 4 heteroatoms. The second-order valence-electron chi connectivity index (χ2n) is 4.35. The first-order valence-corrected chi connectivity index (χ1v) is 5.15. The fraction of sp³-hybridized carbons (Fsp3) is 0.636. The summed E-state index contributed by atoms with van der Waals surface area (Å²) in [5, 5.41) is 0. The summed E-state index contributed by atoms with van der Waals surface area (Å²) in [6, 6.07) is 0. The molecule has 0 amide bonds. The molecule has 0 saturated heterocycles. The van der Waals surface area contributed by atoms with Crippen LogP contribution in [-0.2, 0) is 0 Å². The number of likely N-dealkylation sites (N-methyl/N-ethyl adjacent to an activating group) is 2. The Balaban J connectivity index is 2.72. The van der Waals surface area contributed by atoms with Crippen molar-refractivity contribution < 1.29 is 0 Å². The normalized spacial score (nSPS) is 11.7. The van der Waals surface area contributed by atoms with E-state index in [1.807, 2.05) is 6.20 Å². The monoisotopic (exact) mass is 208 g/mol. The van der Waals surface area contributed by atoms with Crippen LogP contribution < -0.4 is 0 Å². The Morgan fingerprint density at radius 1 is 1.07 bits per heavy atom. The number of hydrogen-bond donors (Lipinski definition) is 0. The van der Waals surface area contributed by atoms with Crippen molar-refractivity contribution in [1.29, 1.82) is 0 Å². The topological polar surface area (TPSA) is 32.3 Å². The Hall–Kier alpha value is -1.00. The molecule has 0 aliphatic rings. The minimum absolute atomic E-state index is 0.420. The maximum absolute atomic E-state index is 4.37. The van der Waals surface area contributed by atoms with Crippen molar-refractivity contribution in [2.24, 2.45) is 0 Å². The van der Waals surface area contributed by atoms with Crippen molar-refractivity contribution in [3.05, 3.63) is 24.3 Å². The van der Waals surface area contributed by atoms with Gasteiger partial charge in [-0.3, -0.25) is 9.97 Å². The average Bonchev–Trinajstić information content (AvgIpc) is 2.17. The predicted molar refractivity (Wildman–Crippen MR) is 61.9 cm³/mol. The van der Waals surface area contributed by atoms with E-state index in [4.69, 9.17) is 0 Å². The van der Waals surface area contributed by atoms with Crippen molar-refractivity contribution in [1.82, 2.24) is 19.8 Å². The summed E-state index contributed by atoms with van der Waals surface area (Å²) in [7, 11) is 8.33. The minimum Gasteiger partial charge on any atom is -0.309 e. The Morgan fingerprint density at radius 3 is 2.07 bits per heavy atom. The van der Waals surface area contributed by atoms with Crippen LogP contribution in [0.2, 0.25) is 0 Å². The van der Waals surface area contributed by atoms with Gasteiger partial charge < -0.3 is 9.80 Å². The number of nitrogens with zero attached hydrogens (tertiary/aromatic N) is 4. The van der Waals surface area contributed by atoms with E-state index < -0.39 is 0 Å². The third-order valence-corrected chi connectivity index (χ3v) is 2.17. The fourth-order valence-corrected chi connectivity index (χ4v) is 1.65. The summed E-state index contributed by atoms with van der Waals surface area (Å²) in [5.74, 6) is 0.420. The molecule has 0 aliphatic carbocycles. The van der Waals surface area contributed by atoms with Crippen LogP contribution in [0.1, 0.15) is 11.6 Å². The highest BCUT2D eigenvalue weighted by Crippen LogP contribution is 2.13. The molecule has 0 aliphatic heterocycles. The molecular weight excluding hydrogens is 188 g/mol. The molecule has 0 unspecified atom stereocenters. The molecule has 4 nitrogen and oxygen atoms in total. The first kappa shape index (κ1) is 12.1. The first-order valence-electron chi connectivity index (χ1n) is 5.15. The molecule has 0 atom stereocenters. The largest absolute Gasteiger partial charge is 0.309 e. The van der Waals surface area contributed by atoms with E-state index in [0.29, 0.717) is 5.92 Å². The summed E-state index contributed by atoms with van der Waals surface area (Å²) in [5.41, 5.74) is 1.07. The maximum atomic E-state index is 4.37. The summed E-state index contributed by atoms with van der Waals surface area (Å²) in [6.07, 6.45) is 5.33. The molecule has 15 heavy (non-hydrogen) atoms. The van der Waals surface area contributed by atoms with Crippen molar-refractivity contribution >= 4 is 0 Å². The summed E-state index contributed by atoms with van der Waals surface area (Å²) in [4.78, 5) is 12.9. The van der Waals surface area contributed by atoms with Crippen molar-refractivity contribution in [3.63, 3.8) is 0 Å². The van der Waals surface area contributed by atoms with Crippen LogP contribution in [0, 0.1) is 0 Å². The molecule has 0 bridgehead atoms. The number of aromatic nitrogens is 2. The van der Waals surface area contributed by atoms with Crippen molar-refractivity contribution in [2.75, 3.05) is 41.3 Å². The molecule has 84 valence electrons. The van der Waals surface area contributed by atoms with Crippen LogP contribution >= 0.6 is 0 Å². The number of rotatable bonds is 5. The van der Waals surface area contributed by atoms with E-state index in [1.54, 1.807) is 12.4 Å². The van der Waals surface area contributed by atoms with E-state index in [0.717, 1.165) is 18.8 Å². The van der Waals surface area contributed by atoms with Gasteiger partial charge in [0.25, 0.3) is 0 Å². The van der Waals surface area contributed by atoms with Crippen molar-refractivity contribution in [2.45, 2.75) is 5.92 Å². The van der Waals surface area contributed by atoms with Gasteiger partial charge in [-0.2, -0.15) is 0 Å². The van der Waals surface area contributed by atoms with E-state index in [9.17, 15) is 0 Å². The Labute approximate surface area is 91.9 Å². The smallest absolute Gasteiger partial charge is 0.0643 e. The van der Waals surface area contributed by atoms with Gasteiger partial charge in [-0.05, 0) is 28.2 Å². The van der Waals surface area contributed by atoms with Crippen LogP contribution in [0.25, 0.3) is 0 Å². The lowest BCUT2D eigenvalue weighted by atomic mass is 10.1. The minimum atomic E-state index is 0.420. The van der Waals surface area contributed by atoms with Crippen LogP contribution in [0.3, 0.4) is 0 Å². The summed E-state index contributed by atoms with van der Waals surface area (Å²) < 4.78 is 0. The average molecular weight is 208 g/mol. The Morgan fingerprint density at radius 2 is 1.67 bits per heavy atom. The maximum Gasteiger partial charge on any atom is 0.0643 e. The van der Waals surface area contributed by atoms with E-state index >= 15 is 0 Å². The second-order valence-corrected chi connectivity index (χ2v) is 4.35. The molecule has 0 spiro atoms. The van der Waals surface area contributed by atoms with Crippen LogP contribution in [0.4, 0.5) is 0 Å². The van der Waals surface area contributed by atoms with Crippen LogP contribution in [0.5, 0.6) is 0 Å². The third-order valence-electron chi connectivity index (χ3n) is 2.17. The molecule has 0 radical (unpaired) electrons. The number of hydrogen-bond acceptors (Lipinski definition) is 4. The molecular formula is C11H20N4. The lowest BCUT2D eigenvalue weighted by molar-refractivity contribution is 0.304. The van der Waals surface area contributed by atoms with Gasteiger partial charge in [-0.1, -0.05) is 0 Å². The molecule has 0 saturated carbocycles. The quantitative estimate of drug-likeness (QED) is 0.712. The molecule has 1 aromatic heterocycles. The van der Waals surface area contributed by atoms with Crippen molar-refractivity contribution in [3.8, 4) is 0 Å². The van der Waals surface area contributed by atoms with Crippen LogP contribution in [0.15, 0.2) is 18.6 Å². The molecule has 0 fully saturated rings. The lowest BCUT2D eigenvalue weighted by Crippen LogP contribution is -2.29. The van der Waals surface area contributed by atoms with Gasteiger partial charge in [-0.15, -0.1) is 0 Å². The summed E-state index contributed by atoms with van der Waals surface area (Å²) in [6.45, 7) is 1.99. The Kier molecular flexibility index (Phi) is 4.65. The fourth-order valence-electron chi connectivity index (χ4n) is 1.65.